The molecule has 0 aromatic carbocycles. The Morgan fingerprint density at radius 2 is 1.82 bits per heavy atom. The zero-order valence-corrected chi connectivity index (χ0v) is 13.6. The predicted octanol–water partition coefficient (Wildman–Crippen LogP) is -0.462. The topological polar surface area (TPSA) is 86.8 Å². The molecule has 3 fully saturated rings. The van der Waals surface area contributed by atoms with Crippen LogP contribution in [0.3, 0.4) is 0 Å². The molecule has 124 valence electrons. The fourth-order valence-corrected chi connectivity index (χ4v) is 4.17. The molecule has 1 saturated carbocycles. The second-order valence-corrected chi connectivity index (χ2v) is 8.61. The first kappa shape index (κ1) is 15.7. The smallest absolute Gasteiger partial charge is 0.225 e. The van der Waals surface area contributed by atoms with Crippen LogP contribution in [0, 0.1) is 5.92 Å². The summed E-state index contributed by atoms with van der Waals surface area (Å²) in [6.45, 7) is 1.43. The Hall–Kier alpha value is -1.15. The lowest BCUT2D eigenvalue weighted by molar-refractivity contribution is -0.129. The van der Waals surface area contributed by atoms with Gasteiger partial charge in [-0.1, -0.05) is 0 Å². The third-order valence-corrected chi connectivity index (χ3v) is 6.09. The van der Waals surface area contributed by atoms with Crippen LogP contribution in [-0.2, 0) is 19.6 Å². The van der Waals surface area contributed by atoms with Crippen LogP contribution in [0.25, 0.3) is 0 Å². The van der Waals surface area contributed by atoms with Gasteiger partial charge in [0.25, 0.3) is 0 Å². The molecule has 1 N–H and O–H groups in total. The van der Waals surface area contributed by atoms with E-state index < -0.39 is 10.0 Å². The first-order valence-electron chi connectivity index (χ1n) is 7.89. The van der Waals surface area contributed by atoms with Crippen molar-refractivity contribution in [3.63, 3.8) is 0 Å². The van der Waals surface area contributed by atoms with Crippen LogP contribution in [0.4, 0.5) is 0 Å². The normalized spacial score (nSPS) is 28.1. The highest BCUT2D eigenvalue weighted by Crippen LogP contribution is 2.32. The lowest BCUT2D eigenvalue weighted by Gasteiger charge is -2.31. The van der Waals surface area contributed by atoms with Gasteiger partial charge in [0, 0.05) is 38.1 Å². The van der Waals surface area contributed by atoms with Gasteiger partial charge in [-0.25, -0.2) is 12.7 Å². The molecule has 2 heterocycles. The molecule has 3 aliphatic rings. The number of amides is 2. The molecule has 0 aromatic rings. The van der Waals surface area contributed by atoms with Crippen LogP contribution in [0.15, 0.2) is 0 Å². The average Bonchev–Trinajstić information content (AvgIpc) is 3.21. The third kappa shape index (κ3) is 3.43. The maximum Gasteiger partial charge on any atom is 0.225 e. The summed E-state index contributed by atoms with van der Waals surface area (Å²) in [4.78, 5) is 26.0. The largest absolute Gasteiger partial charge is 0.353 e. The fourth-order valence-electron chi connectivity index (χ4n) is 3.30. The van der Waals surface area contributed by atoms with Gasteiger partial charge in [0.15, 0.2) is 0 Å². The van der Waals surface area contributed by atoms with Gasteiger partial charge in [0.2, 0.25) is 21.8 Å². The fraction of sp³-hybridized carbons (Fsp3) is 0.857. The van der Waals surface area contributed by atoms with Crippen molar-refractivity contribution in [1.82, 2.24) is 14.5 Å². The van der Waals surface area contributed by atoms with Crippen LogP contribution in [0.1, 0.15) is 32.1 Å². The number of hydrogen-bond acceptors (Lipinski definition) is 4. The van der Waals surface area contributed by atoms with E-state index in [-0.39, 0.29) is 23.8 Å². The van der Waals surface area contributed by atoms with Crippen molar-refractivity contribution < 1.29 is 18.0 Å². The number of hydrogen-bond donors (Lipinski definition) is 1. The van der Waals surface area contributed by atoms with Crippen molar-refractivity contribution in [2.75, 3.05) is 25.9 Å². The SMILES string of the molecule is CS(=O)(=O)N1CCC(NC(=O)[C@@H]2CC(=O)N(C3CC3)C2)CC1. The molecule has 0 aromatic heterocycles. The second kappa shape index (κ2) is 5.81. The Bertz CT molecular complexity index is 565. The van der Waals surface area contributed by atoms with Crippen molar-refractivity contribution in [2.24, 2.45) is 5.92 Å². The molecular weight excluding hydrogens is 306 g/mol. The third-order valence-electron chi connectivity index (χ3n) is 4.79. The van der Waals surface area contributed by atoms with Gasteiger partial charge >= 0.3 is 0 Å². The minimum atomic E-state index is -3.14. The van der Waals surface area contributed by atoms with Gasteiger partial charge in [-0.2, -0.15) is 0 Å². The number of piperidine rings is 1. The Kier molecular flexibility index (Phi) is 4.15. The lowest BCUT2D eigenvalue weighted by Crippen LogP contribution is -2.47. The highest BCUT2D eigenvalue weighted by atomic mass is 32.2. The maximum absolute atomic E-state index is 12.3. The molecule has 7 nitrogen and oxygen atoms in total. The molecule has 2 amide bonds. The summed E-state index contributed by atoms with van der Waals surface area (Å²) >= 11 is 0. The number of likely N-dealkylation sites (tertiary alicyclic amines) is 1. The van der Waals surface area contributed by atoms with Gasteiger partial charge < -0.3 is 10.2 Å². The summed E-state index contributed by atoms with van der Waals surface area (Å²) in [5, 5.41) is 2.99. The first-order chi connectivity index (χ1) is 10.3. The molecule has 0 unspecified atom stereocenters. The van der Waals surface area contributed by atoms with E-state index in [1.165, 1.54) is 10.6 Å². The van der Waals surface area contributed by atoms with Gasteiger partial charge in [-0.15, -0.1) is 0 Å². The van der Waals surface area contributed by atoms with E-state index in [9.17, 15) is 18.0 Å². The summed E-state index contributed by atoms with van der Waals surface area (Å²) in [5.74, 6) is -0.218. The van der Waals surface area contributed by atoms with E-state index in [1.807, 2.05) is 4.90 Å². The minimum Gasteiger partial charge on any atom is -0.353 e. The molecular formula is C14H23N3O4S. The molecule has 3 rings (SSSR count). The number of nitrogens with one attached hydrogen (secondary N) is 1. The summed E-state index contributed by atoms with van der Waals surface area (Å²) < 4.78 is 24.4. The number of carbonyl (C=O) groups is 2. The Morgan fingerprint density at radius 1 is 1.18 bits per heavy atom. The molecule has 0 bridgehead atoms. The van der Waals surface area contributed by atoms with E-state index in [0.717, 1.165) is 12.8 Å². The Balaban J connectivity index is 1.48. The second-order valence-electron chi connectivity index (χ2n) is 6.62. The lowest BCUT2D eigenvalue weighted by atomic mass is 10.0. The summed E-state index contributed by atoms with van der Waals surface area (Å²) in [6.07, 6.45) is 4.90. The Labute approximate surface area is 131 Å². The van der Waals surface area contributed by atoms with Crippen LogP contribution in [-0.4, -0.2) is 67.4 Å². The predicted molar refractivity (Wildman–Crippen MR) is 80.4 cm³/mol. The quantitative estimate of drug-likeness (QED) is 0.756. The monoisotopic (exact) mass is 329 g/mol. The maximum atomic E-state index is 12.3. The van der Waals surface area contributed by atoms with Gasteiger partial charge in [0.1, 0.15) is 0 Å². The number of nitrogens with zero attached hydrogens (tertiary/aromatic N) is 2. The molecule has 1 atom stereocenters. The zero-order valence-electron chi connectivity index (χ0n) is 12.8. The number of carbonyl (C=O) groups excluding carboxylic acids is 2. The van der Waals surface area contributed by atoms with Crippen molar-refractivity contribution in [1.29, 1.82) is 0 Å². The molecule has 0 radical (unpaired) electrons. The van der Waals surface area contributed by atoms with Gasteiger partial charge in [-0.05, 0) is 25.7 Å². The Morgan fingerprint density at radius 3 is 2.36 bits per heavy atom. The molecule has 2 saturated heterocycles. The van der Waals surface area contributed by atoms with E-state index >= 15 is 0 Å². The molecule has 1 aliphatic carbocycles. The number of sulfonamides is 1. The molecule has 22 heavy (non-hydrogen) atoms. The first-order valence-corrected chi connectivity index (χ1v) is 9.74. The van der Waals surface area contributed by atoms with Crippen molar-refractivity contribution in [2.45, 2.75) is 44.2 Å². The van der Waals surface area contributed by atoms with Crippen molar-refractivity contribution in [3.8, 4) is 0 Å². The summed E-state index contributed by atoms with van der Waals surface area (Å²) in [5.41, 5.74) is 0. The average molecular weight is 329 g/mol. The highest BCUT2D eigenvalue weighted by Gasteiger charge is 2.42. The van der Waals surface area contributed by atoms with Crippen LogP contribution < -0.4 is 5.32 Å². The minimum absolute atomic E-state index is 0.00979. The zero-order chi connectivity index (χ0) is 15.9. The van der Waals surface area contributed by atoms with Crippen LogP contribution in [0.2, 0.25) is 0 Å². The van der Waals surface area contributed by atoms with E-state index in [0.29, 0.717) is 44.9 Å². The van der Waals surface area contributed by atoms with Gasteiger partial charge in [0.05, 0.1) is 12.2 Å². The highest BCUT2D eigenvalue weighted by molar-refractivity contribution is 7.88. The van der Waals surface area contributed by atoms with Crippen molar-refractivity contribution >= 4 is 21.8 Å². The molecule has 8 heteroatoms. The molecule has 2 aliphatic heterocycles. The van der Waals surface area contributed by atoms with E-state index in [2.05, 4.69) is 5.32 Å². The standard InChI is InChI=1S/C14H23N3O4S/c1-22(20,21)16-6-4-11(5-7-16)15-14(19)10-8-13(18)17(9-10)12-2-3-12/h10-12H,2-9H2,1H3,(H,15,19)/t10-/m1/s1. The van der Waals surface area contributed by atoms with Gasteiger partial charge in [-0.3, -0.25) is 9.59 Å². The summed E-state index contributed by atoms with van der Waals surface area (Å²) in [7, 11) is -3.14. The van der Waals surface area contributed by atoms with E-state index in [4.69, 9.17) is 0 Å². The van der Waals surface area contributed by atoms with Crippen molar-refractivity contribution in [3.05, 3.63) is 0 Å². The number of rotatable bonds is 4. The summed E-state index contributed by atoms with van der Waals surface area (Å²) in [6, 6.07) is 0.374. The van der Waals surface area contributed by atoms with Crippen LogP contribution in [0.5, 0.6) is 0 Å². The molecule has 0 spiro atoms. The van der Waals surface area contributed by atoms with E-state index in [1.54, 1.807) is 0 Å². The van der Waals surface area contributed by atoms with Crippen LogP contribution >= 0.6 is 0 Å².